The van der Waals surface area contributed by atoms with Crippen molar-refractivity contribution in [2.24, 2.45) is 0 Å². The van der Waals surface area contributed by atoms with Gasteiger partial charge in [-0.3, -0.25) is 4.98 Å². The molecule has 1 aromatic heterocycles. The van der Waals surface area contributed by atoms with E-state index in [0.29, 0.717) is 5.52 Å². The summed E-state index contributed by atoms with van der Waals surface area (Å²) in [5.74, 6) is -1.07. The molecule has 0 aliphatic rings. The number of nitrogens with zero attached hydrogens (tertiary/aromatic N) is 1. The van der Waals surface area contributed by atoms with E-state index in [4.69, 9.17) is 10.2 Å². The molecule has 6 heteroatoms. The first-order chi connectivity index (χ1) is 10.1. The Bertz CT molecular complexity index is 771. The number of aromatic hydroxyl groups is 2. The Morgan fingerprint density at radius 3 is 2.09 bits per heavy atom. The molecule has 1 radical (unpaired) electrons. The van der Waals surface area contributed by atoms with Gasteiger partial charge in [-0.1, -0.05) is 30.3 Å². The maximum Gasteiger partial charge on any atom is 0.339 e. The van der Waals surface area contributed by atoms with Crippen LogP contribution < -0.4 is 0 Å². The van der Waals surface area contributed by atoms with Crippen LogP contribution in [0.4, 0.5) is 0 Å². The second kappa shape index (κ2) is 8.02. The van der Waals surface area contributed by atoms with Crippen molar-refractivity contribution in [3.63, 3.8) is 0 Å². The van der Waals surface area contributed by atoms with Crippen LogP contribution in [-0.4, -0.2) is 26.3 Å². The van der Waals surface area contributed by atoms with Gasteiger partial charge in [0.25, 0.3) is 0 Å². The first-order valence-electron chi connectivity index (χ1n) is 6.13. The predicted molar refractivity (Wildman–Crippen MR) is 78.5 cm³/mol. The SMILES string of the molecule is O=C(O)c1ccccc1O.Oc1cccc2cccnc12.[Cu]. The Kier molecular flexibility index (Phi) is 6.38. The van der Waals surface area contributed by atoms with Crippen LogP contribution in [0, 0.1) is 0 Å². The van der Waals surface area contributed by atoms with Crippen molar-refractivity contribution in [3.05, 3.63) is 66.4 Å². The fourth-order valence-electron chi connectivity index (χ4n) is 1.74. The van der Waals surface area contributed by atoms with Gasteiger partial charge in [-0.05, 0) is 24.3 Å². The maximum absolute atomic E-state index is 10.3. The Morgan fingerprint density at radius 2 is 1.50 bits per heavy atom. The average molecular weight is 347 g/mol. The topological polar surface area (TPSA) is 90.7 Å². The number of rotatable bonds is 1. The number of benzene rings is 2. The van der Waals surface area contributed by atoms with E-state index >= 15 is 0 Å². The molecule has 0 spiro atoms. The molecule has 0 saturated heterocycles. The van der Waals surface area contributed by atoms with E-state index in [0.717, 1.165) is 5.39 Å². The van der Waals surface area contributed by atoms with Crippen LogP contribution in [0.15, 0.2) is 60.8 Å². The zero-order valence-electron chi connectivity index (χ0n) is 11.3. The summed E-state index contributed by atoms with van der Waals surface area (Å²) in [7, 11) is 0. The summed E-state index contributed by atoms with van der Waals surface area (Å²) in [6.45, 7) is 0. The first-order valence-corrected chi connectivity index (χ1v) is 6.13. The van der Waals surface area contributed by atoms with Crippen molar-refractivity contribution in [2.45, 2.75) is 0 Å². The van der Waals surface area contributed by atoms with Crippen molar-refractivity contribution in [3.8, 4) is 11.5 Å². The van der Waals surface area contributed by atoms with Gasteiger partial charge in [0.05, 0.1) is 0 Å². The summed E-state index contributed by atoms with van der Waals surface area (Å²) in [5, 5.41) is 27.6. The average Bonchev–Trinajstić information content (AvgIpc) is 2.49. The molecule has 0 aliphatic carbocycles. The Hall–Kier alpha value is -2.56. The molecule has 0 saturated carbocycles. The Balaban J connectivity index is 0.000000212. The third kappa shape index (κ3) is 4.21. The van der Waals surface area contributed by atoms with Gasteiger partial charge in [0, 0.05) is 28.7 Å². The quantitative estimate of drug-likeness (QED) is 0.589. The number of aromatic carboxylic acids is 1. The minimum Gasteiger partial charge on any atom is -0.507 e. The summed E-state index contributed by atoms with van der Waals surface area (Å²) in [5.41, 5.74) is 0.595. The molecule has 0 bridgehead atoms. The molecule has 0 aliphatic heterocycles. The van der Waals surface area contributed by atoms with Crippen LogP contribution in [0.1, 0.15) is 10.4 Å². The Morgan fingerprint density at radius 1 is 0.864 bits per heavy atom. The molecule has 22 heavy (non-hydrogen) atoms. The molecule has 117 valence electrons. The fourth-order valence-corrected chi connectivity index (χ4v) is 1.74. The number of phenols is 2. The van der Waals surface area contributed by atoms with Crippen LogP contribution in [0.5, 0.6) is 11.5 Å². The maximum atomic E-state index is 10.3. The van der Waals surface area contributed by atoms with Crippen molar-refractivity contribution < 1.29 is 37.2 Å². The minimum atomic E-state index is -1.11. The van der Waals surface area contributed by atoms with Gasteiger partial charge >= 0.3 is 5.97 Å². The molecule has 0 fully saturated rings. The second-order valence-electron chi connectivity index (χ2n) is 4.17. The number of carboxylic acid groups (broad SMARTS) is 1. The smallest absolute Gasteiger partial charge is 0.339 e. The molecule has 0 amide bonds. The van der Waals surface area contributed by atoms with Gasteiger partial charge in [0.15, 0.2) is 0 Å². The van der Waals surface area contributed by atoms with Gasteiger partial charge in [0.1, 0.15) is 22.6 Å². The Labute approximate surface area is 137 Å². The third-order valence-electron chi connectivity index (χ3n) is 2.75. The van der Waals surface area contributed by atoms with E-state index in [2.05, 4.69) is 4.98 Å². The number of hydrogen-bond donors (Lipinski definition) is 3. The molecule has 3 rings (SSSR count). The molecule has 3 N–H and O–H groups in total. The number of carbonyl (C=O) groups is 1. The van der Waals surface area contributed by atoms with Crippen LogP contribution in [0.25, 0.3) is 10.9 Å². The van der Waals surface area contributed by atoms with Gasteiger partial charge in [-0.2, -0.15) is 0 Å². The van der Waals surface area contributed by atoms with Gasteiger partial charge < -0.3 is 15.3 Å². The number of aromatic nitrogens is 1. The van der Waals surface area contributed by atoms with Crippen LogP contribution in [0.2, 0.25) is 0 Å². The van der Waals surface area contributed by atoms with Gasteiger partial charge in [-0.15, -0.1) is 0 Å². The van der Waals surface area contributed by atoms with Crippen LogP contribution in [0.3, 0.4) is 0 Å². The van der Waals surface area contributed by atoms with Gasteiger partial charge in [0.2, 0.25) is 0 Å². The number of phenolic OH excluding ortho intramolecular Hbond substituents is 1. The zero-order chi connectivity index (χ0) is 15.2. The molecule has 0 unspecified atom stereocenters. The van der Waals surface area contributed by atoms with Crippen molar-refractivity contribution >= 4 is 16.9 Å². The first kappa shape index (κ1) is 17.5. The molecule has 0 atom stereocenters. The minimum absolute atomic E-state index is 0. The normalized spacial score (nSPS) is 9.27. The fraction of sp³-hybridized carbons (Fsp3) is 0. The van der Waals surface area contributed by atoms with E-state index in [-0.39, 0.29) is 34.1 Å². The largest absolute Gasteiger partial charge is 0.507 e. The van der Waals surface area contributed by atoms with Crippen molar-refractivity contribution in [2.75, 3.05) is 0 Å². The molecule has 3 aromatic rings. The third-order valence-corrected chi connectivity index (χ3v) is 2.75. The number of fused-ring (bicyclic) bond motifs is 1. The van der Waals surface area contributed by atoms with Crippen molar-refractivity contribution in [1.82, 2.24) is 4.98 Å². The van der Waals surface area contributed by atoms with E-state index in [1.54, 1.807) is 30.5 Å². The summed E-state index contributed by atoms with van der Waals surface area (Å²) in [4.78, 5) is 14.3. The summed E-state index contributed by atoms with van der Waals surface area (Å²) in [6, 6.07) is 14.9. The van der Waals surface area contributed by atoms with E-state index in [9.17, 15) is 9.90 Å². The van der Waals surface area contributed by atoms with Crippen LogP contribution >= 0.6 is 0 Å². The monoisotopic (exact) mass is 346 g/mol. The molecule has 2 aromatic carbocycles. The number of para-hydroxylation sites is 2. The molecule has 5 nitrogen and oxygen atoms in total. The molecular weight excluding hydrogens is 334 g/mol. The van der Waals surface area contributed by atoms with E-state index in [1.807, 2.05) is 18.2 Å². The second-order valence-corrected chi connectivity index (χ2v) is 4.17. The number of carboxylic acids is 1. The van der Waals surface area contributed by atoms with Gasteiger partial charge in [-0.25, -0.2) is 4.79 Å². The standard InChI is InChI=1S/C9H7NO.C7H6O3.Cu/c11-8-5-1-3-7-4-2-6-10-9(7)8;8-6-4-2-1-3-5(6)7(9)10;/h1-6,11H;1-4,8H,(H,9,10);. The molecule has 1 heterocycles. The predicted octanol–water partition coefficient (Wildman–Crippen LogP) is 3.03. The number of hydrogen-bond acceptors (Lipinski definition) is 4. The van der Waals surface area contributed by atoms with E-state index < -0.39 is 5.97 Å². The van der Waals surface area contributed by atoms with Crippen LogP contribution in [-0.2, 0) is 17.1 Å². The zero-order valence-corrected chi connectivity index (χ0v) is 12.2. The summed E-state index contributed by atoms with van der Waals surface area (Å²) in [6.07, 6.45) is 1.67. The number of pyridine rings is 1. The molecular formula is C16H13CuNO4. The van der Waals surface area contributed by atoms with Crippen molar-refractivity contribution in [1.29, 1.82) is 0 Å². The summed E-state index contributed by atoms with van der Waals surface area (Å²) < 4.78 is 0. The van der Waals surface area contributed by atoms with E-state index in [1.165, 1.54) is 12.1 Å². The summed E-state index contributed by atoms with van der Waals surface area (Å²) >= 11 is 0.